The molecule has 0 aromatic heterocycles. The maximum atomic E-state index is 3.77. The number of hydrogen-bond acceptors (Lipinski definition) is 0. The molecule has 0 aliphatic rings. The average Bonchev–Trinajstić information content (AvgIpc) is 2.35. The van der Waals surface area contributed by atoms with Gasteiger partial charge >= 0.3 is 0 Å². The van der Waals surface area contributed by atoms with E-state index in [1.165, 1.54) is 28.7 Å². The van der Waals surface area contributed by atoms with Crippen LogP contribution < -0.4 is 0 Å². The van der Waals surface area contributed by atoms with Gasteiger partial charge in [-0.2, -0.15) is 0 Å². The van der Waals surface area contributed by atoms with E-state index >= 15 is 0 Å². The number of alkyl halides is 1. The first-order valence-electron chi connectivity index (χ1n) is 8.05. The lowest BCUT2D eigenvalue weighted by Gasteiger charge is -2.06. The molecule has 0 rings (SSSR count). The summed E-state index contributed by atoms with van der Waals surface area (Å²) in [5, 5.41) is 0. The lowest BCUT2D eigenvalue weighted by molar-refractivity contribution is 0.926. The highest BCUT2D eigenvalue weighted by Crippen LogP contribution is 2.16. The van der Waals surface area contributed by atoms with Crippen molar-refractivity contribution in [3.63, 3.8) is 0 Å². The third-order valence-corrected chi connectivity index (χ3v) is 3.98. The summed E-state index contributed by atoms with van der Waals surface area (Å²) >= 11 is 3.77. The van der Waals surface area contributed by atoms with E-state index in [0.717, 1.165) is 25.7 Å². The van der Waals surface area contributed by atoms with E-state index < -0.39 is 0 Å². The number of halogens is 1. The third kappa shape index (κ3) is 14.2. The molecule has 0 aliphatic heterocycles. The molecule has 0 saturated carbocycles. The van der Waals surface area contributed by atoms with Crippen LogP contribution in [0.1, 0.15) is 73.6 Å². The maximum Gasteiger partial charge on any atom is 0.0362 e. The molecule has 120 valence electrons. The van der Waals surface area contributed by atoms with Crippen LogP contribution in [-0.4, -0.2) is 4.83 Å². The van der Waals surface area contributed by atoms with Gasteiger partial charge in [-0.1, -0.05) is 62.5 Å². The van der Waals surface area contributed by atoms with Gasteiger partial charge in [0.25, 0.3) is 0 Å². The fourth-order valence-corrected chi connectivity index (χ4v) is 2.69. The van der Waals surface area contributed by atoms with Crippen LogP contribution in [0, 0.1) is 0 Å². The first-order valence-corrected chi connectivity index (χ1v) is 8.96. The van der Waals surface area contributed by atoms with E-state index in [1.54, 1.807) is 0 Å². The molecule has 0 bridgehead atoms. The molecule has 1 atom stereocenters. The van der Waals surface area contributed by atoms with Crippen LogP contribution >= 0.6 is 15.9 Å². The van der Waals surface area contributed by atoms with Crippen LogP contribution in [-0.2, 0) is 0 Å². The molecule has 21 heavy (non-hydrogen) atoms. The van der Waals surface area contributed by atoms with Crippen LogP contribution in [0.15, 0.2) is 46.6 Å². The topological polar surface area (TPSA) is 0 Å². The second-order valence-corrected chi connectivity index (χ2v) is 7.63. The van der Waals surface area contributed by atoms with E-state index in [1.807, 2.05) is 0 Å². The number of hydrogen-bond donors (Lipinski definition) is 0. The van der Waals surface area contributed by atoms with Crippen LogP contribution in [0.5, 0.6) is 0 Å². The lowest BCUT2D eigenvalue weighted by atomic mass is 10.1. The van der Waals surface area contributed by atoms with Crippen molar-refractivity contribution in [2.45, 2.75) is 78.5 Å². The molecule has 0 amide bonds. The van der Waals surface area contributed by atoms with Crippen molar-refractivity contribution < 1.29 is 0 Å². The Bertz CT molecular complexity index is 400. The first kappa shape index (κ1) is 20.4. The average molecular weight is 353 g/mol. The summed E-state index contributed by atoms with van der Waals surface area (Å²) in [7, 11) is 0. The Labute approximate surface area is 141 Å². The molecule has 0 nitrogen and oxygen atoms in total. The molecule has 0 heterocycles. The Morgan fingerprint density at radius 2 is 1.24 bits per heavy atom. The standard InChI is InChI=1S/C20H33Br/c1-16(2)9-7-11-18(5)13-14-20(21)15-19(6)12-8-10-17(3)4/h9-10,13,15,20H,7-8,11-12,14H2,1-6H3/b18-13-,19-15+. The maximum absolute atomic E-state index is 3.77. The molecular weight excluding hydrogens is 320 g/mol. The molecule has 0 N–H and O–H groups in total. The minimum absolute atomic E-state index is 0.461. The molecule has 1 unspecified atom stereocenters. The first-order chi connectivity index (χ1) is 9.81. The van der Waals surface area contributed by atoms with Crippen LogP contribution in [0.2, 0.25) is 0 Å². The molecule has 0 saturated heterocycles. The molecule has 0 radical (unpaired) electrons. The largest absolute Gasteiger partial charge is 0.0856 e. The molecule has 0 spiro atoms. The molecule has 0 fully saturated rings. The second-order valence-electron chi connectivity index (χ2n) is 6.46. The summed E-state index contributed by atoms with van der Waals surface area (Å²) in [5.41, 5.74) is 5.79. The normalized spacial score (nSPS) is 13.9. The smallest absolute Gasteiger partial charge is 0.0362 e. The van der Waals surface area contributed by atoms with Gasteiger partial charge in [-0.05, 0) is 73.6 Å². The van der Waals surface area contributed by atoms with E-state index in [0.29, 0.717) is 4.83 Å². The quantitative estimate of drug-likeness (QED) is 0.297. The van der Waals surface area contributed by atoms with Gasteiger partial charge in [-0.3, -0.25) is 0 Å². The molecular formula is C20H33Br. The van der Waals surface area contributed by atoms with Crippen molar-refractivity contribution >= 4 is 15.9 Å². The highest BCUT2D eigenvalue weighted by Gasteiger charge is 2.00. The zero-order valence-electron chi connectivity index (χ0n) is 14.8. The van der Waals surface area contributed by atoms with Crippen molar-refractivity contribution in [2.75, 3.05) is 0 Å². The minimum Gasteiger partial charge on any atom is -0.0856 e. The Kier molecular flexibility index (Phi) is 11.7. The monoisotopic (exact) mass is 352 g/mol. The van der Waals surface area contributed by atoms with Gasteiger partial charge in [0.1, 0.15) is 0 Å². The van der Waals surface area contributed by atoms with E-state index in [2.05, 4.69) is 81.8 Å². The Morgan fingerprint density at radius 1 is 0.762 bits per heavy atom. The molecule has 1 heteroatoms. The zero-order chi connectivity index (χ0) is 16.3. The Morgan fingerprint density at radius 3 is 1.71 bits per heavy atom. The second kappa shape index (κ2) is 12.0. The number of allylic oxidation sites excluding steroid dienone is 8. The highest BCUT2D eigenvalue weighted by atomic mass is 79.9. The SMILES string of the molecule is CC(C)=CCC/C(C)=C\CC(Br)/C=C(\C)CCC=C(C)C. The molecule has 0 aromatic rings. The van der Waals surface area contributed by atoms with Crippen molar-refractivity contribution in [3.05, 3.63) is 46.6 Å². The molecule has 0 aromatic carbocycles. The van der Waals surface area contributed by atoms with E-state index in [-0.39, 0.29) is 0 Å². The van der Waals surface area contributed by atoms with Gasteiger partial charge < -0.3 is 0 Å². The highest BCUT2D eigenvalue weighted by molar-refractivity contribution is 9.09. The Hall–Kier alpha value is -0.560. The predicted octanol–water partition coefficient (Wildman–Crippen LogP) is 7.53. The zero-order valence-corrected chi connectivity index (χ0v) is 16.4. The van der Waals surface area contributed by atoms with Gasteiger partial charge in [0, 0.05) is 4.83 Å². The van der Waals surface area contributed by atoms with Crippen molar-refractivity contribution in [1.82, 2.24) is 0 Å². The summed E-state index contributed by atoms with van der Waals surface area (Å²) < 4.78 is 0. The van der Waals surface area contributed by atoms with Crippen molar-refractivity contribution in [3.8, 4) is 0 Å². The summed E-state index contributed by atoms with van der Waals surface area (Å²) in [6.45, 7) is 13.1. The summed E-state index contributed by atoms with van der Waals surface area (Å²) in [6, 6.07) is 0. The van der Waals surface area contributed by atoms with Gasteiger partial charge in [-0.25, -0.2) is 0 Å². The fourth-order valence-electron chi connectivity index (χ4n) is 2.05. The summed E-state index contributed by atoms with van der Waals surface area (Å²) in [5.74, 6) is 0. The van der Waals surface area contributed by atoms with Crippen LogP contribution in [0.3, 0.4) is 0 Å². The molecule has 0 aliphatic carbocycles. The van der Waals surface area contributed by atoms with Gasteiger partial charge in [0.15, 0.2) is 0 Å². The summed E-state index contributed by atoms with van der Waals surface area (Å²) in [4.78, 5) is 0.461. The summed E-state index contributed by atoms with van der Waals surface area (Å²) in [6.07, 6.45) is 15.1. The number of rotatable bonds is 9. The fraction of sp³-hybridized carbons (Fsp3) is 0.600. The third-order valence-electron chi connectivity index (χ3n) is 3.34. The van der Waals surface area contributed by atoms with E-state index in [4.69, 9.17) is 0 Å². The van der Waals surface area contributed by atoms with Crippen LogP contribution in [0.25, 0.3) is 0 Å². The van der Waals surface area contributed by atoms with Gasteiger partial charge in [0.2, 0.25) is 0 Å². The Balaban J connectivity index is 4.14. The van der Waals surface area contributed by atoms with E-state index in [9.17, 15) is 0 Å². The van der Waals surface area contributed by atoms with Crippen molar-refractivity contribution in [2.24, 2.45) is 0 Å². The predicted molar refractivity (Wildman–Crippen MR) is 102 cm³/mol. The van der Waals surface area contributed by atoms with Gasteiger partial charge in [0.05, 0.1) is 0 Å². The van der Waals surface area contributed by atoms with Gasteiger partial charge in [-0.15, -0.1) is 0 Å². The lowest BCUT2D eigenvalue weighted by Crippen LogP contribution is -1.93. The minimum atomic E-state index is 0.461. The van der Waals surface area contributed by atoms with Crippen molar-refractivity contribution in [1.29, 1.82) is 0 Å². The van der Waals surface area contributed by atoms with Crippen LogP contribution in [0.4, 0.5) is 0 Å².